The number of hydrogen-bond acceptors (Lipinski definition) is 5. The van der Waals surface area contributed by atoms with Gasteiger partial charge in [0.1, 0.15) is 11.9 Å². The van der Waals surface area contributed by atoms with E-state index in [1.54, 1.807) is 0 Å². The van der Waals surface area contributed by atoms with Crippen LogP contribution in [0, 0.1) is 5.82 Å². The van der Waals surface area contributed by atoms with E-state index in [4.69, 9.17) is 0 Å². The number of nitrogens with one attached hydrogen (secondary N) is 1. The van der Waals surface area contributed by atoms with Crippen molar-refractivity contribution in [3.8, 4) is 0 Å². The highest BCUT2D eigenvalue weighted by Crippen LogP contribution is 2.38. The Hall–Kier alpha value is -2.33. The van der Waals surface area contributed by atoms with Gasteiger partial charge in [-0.25, -0.2) is 17.1 Å². The van der Waals surface area contributed by atoms with Crippen LogP contribution in [-0.4, -0.2) is 60.2 Å². The number of carbonyl (C=O) groups excluding carboxylic acids is 3. The Morgan fingerprint density at radius 2 is 1.84 bits per heavy atom. The van der Waals surface area contributed by atoms with Crippen molar-refractivity contribution in [1.82, 2.24) is 14.5 Å². The van der Waals surface area contributed by atoms with Crippen molar-refractivity contribution in [3.63, 3.8) is 0 Å². The lowest BCUT2D eigenvalue weighted by Gasteiger charge is -2.32. The zero-order valence-electron chi connectivity index (χ0n) is 17.4. The Kier molecular flexibility index (Phi) is 5.87. The summed E-state index contributed by atoms with van der Waals surface area (Å²) in [5.74, 6) is -1.74. The normalized spacial score (nSPS) is 23.2. The summed E-state index contributed by atoms with van der Waals surface area (Å²) in [5.41, 5.74) is 1.66. The Morgan fingerprint density at radius 1 is 1.13 bits per heavy atom. The number of sulfonamides is 1. The van der Waals surface area contributed by atoms with Crippen LogP contribution in [0.3, 0.4) is 0 Å². The molecule has 0 spiro atoms. The minimum atomic E-state index is -3.28. The molecule has 31 heavy (non-hydrogen) atoms. The molecule has 8 nitrogen and oxygen atoms in total. The highest BCUT2D eigenvalue weighted by Gasteiger charge is 2.41. The largest absolute Gasteiger partial charge is 0.322 e. The second-order valence-corrected chi connectivity index (χ2v) is 10.5. The van der Waals surface area contributed by atoms with Crippen LogP contribution in [0.4, 0.5) is 4.39 Å². The quantitative estimate of drug-likeness (QED) is 0.684. The van der Waals surface area contributed by atoms with Crippen molar-refractivity contribution in [2.75, 3.05) is 18.8 Å². The maximum atomic E-state index is 14.4. The second kappa shape index (κ2) is 8.31. The molecule has 0 bridgehead atoms. The number of nitrogens with zero attached hydrogens (tertiary/aromatic N) is 2. The number of hydrogen-bond donors (Lipinski definition) is 1. The van der Waals surface area contributed by atoms with Crippen LogP contribution in [0.15, 0.2) is 12.1 Å². The summed E-state index contributed by atoms with van der Waals surface area (Å²) in [6.45, 7) is 2.74. The third-order valence-electron chi connectivity index (χ3n) is 6.40. The first-order valence-electron chi connectivity index (χ1n) is 10.7. The third kappa shape index (κ3) is 4.10. The van der Waals surface area contributed by atoms with Crippen molar-refractivity contribution in [3.05, 3.63) is 34.6 Å². The molecule has 1 aromatic carbocycles. The Morgan fingerprint density at radius 3 is 2.48 bits per heavy atom. The van der Waals surface area contributed by atoms with Gasteiger partial charge >= 0.3 is 0 Å². The molecular formula is C21H26FN3O5S. The van der Waals surface area contributed by atoms with Crippen LogP contribution >= 0.6 is 0 Å². The molecule has 4 rings (SSSR count). The summed E-state index contributed by atoms with van der Waals surface area (Å²) in [6.07, 6.45) is 2.05. The molecule has 3 aliphatic heterocycles. The summed E-state index contributed by atoms with van der Waals surface area (Å²) in [7, 11) is -3.28. The zero-order valence-corrected chi connectivity index (χ0v) is 18.2. The monoisotopic (exact) mass is 451 g/mol. The maximum absolute atomic E-state index is 14.4. The lowest BCUT2D eigenvalue weighted by molar-refractivity contribution is -0.136. The van der Waals surface area contributed by atoms with E-state index in [0.29, 0.717) is 43.5 Å². The first-order chi connectivity index (χ1) is 14.7. The second-order valence-electron chi connectivity index (χ2n) is 8.41. The van der Waals surface area contributed by atoms with Gasteiger partial charge in [0.2, 0.25) is 21.8 Å². The predicted molar refractivity (Wildman–Crippen MR) is 110 cm³/mol. The number of carbonyl (C=O) groups is 3. The molecule has 0 radical (unpaired) electrons. The number of piperidine rings is 2. The lowest BCUT2D eigenvalue weighted by atomic mass is 9.86. The van der Waals surface area contributed by atoms with E-state index >= 15 is 0 Å². The average molecular weight is 452 g/mol. The van der Waals surface area contributed by atoms with Crippen molar-refractivity contribution in [2.24, 2.45) is 0 Å². The third-order valence-corrected chi connectivity index (χ3v) is 8.48. The molecule has 2 fully saturated rings. The van der Waals surface area contributed by atoms with Crippen molar-refractivity contribution >= 4 is 27.7 Å². The number of halogens is 1. The molecule has 1 N–H and O–H groups in total. The van der Waals surface area contributed by atoms with Crippen molar-refractivity contribution in [1.29, 1.82) is 0 Å². The fourth-order valence-corrected chi connectivity index (χ4v) is 6.39. The van der Waals surface area contributed by atoms with Gasteiger partial charge in [-0.2, -0.15) is 0 Å². The van der Waals surface area contributed by atoms with E-state index < -0.39 is 33.7 Å². The van der Waals surface area contributed by atoms with Gasteiger partial charge in [-0.05, 0) is 54.9 Å². The highest BCUT2D eigenvalue weighted by atomic mass is 32.2. The number of imide groups is 1. The standard InChI is InChI=1S/C21H26FN3O5S/c1-2-9-31(29,30)24-7-5-13(6-8-24)15-10-14(22)11-16-17(15)12-25(21(16)28)18-3-4-19(26)23-20(18)27/h10-11,13,18H,2-9,12H2,1H3,(H,23,26,27). The molecule has 1 unspecified atom stereocenters. The van der Waals surface area contributed by atoms with Gasteiger partial charge in [0.15, 0.2) is 0 Å². The summed E-state index contributed by atoms with van der Waals surface area (Å²) in [6, 6.07) is 1.88. The van der Waals surface area contributed by atoms with Crippen LogP contribution < -0.4 is 5.32 Å². The molecule has 2 saturated heterocycles. The van der Waals surface area contributed by atoms with E-state index in [0.717, 1.165) is 0 Å². The molecule has 1 aromatic rings. The number of fused-ring (bicyclic) bond motifs is 1. The van der Waals surface area contributed by atoms with Gasteiger partial charge in [-0.3, -0.25) is 19.7 Å². The molecule has 3 aliphatic rings. The van der Waals surface area contributed by atoms with E-state index in [-0.39, 0.29) is 42.5 Å². The average Bonchev–Trinajstić information content (AvgIpc) is 3.04. The van der Waals surface area contributed by atoms with Gasteiger partial charge < -0.3 is 4.90 Å². The molecule has 1 atom stereocenters. The molecule has 168 valence electrons. The first kappa shape index (κ1) is 21.9. The molecule has 3 heterocycles. The van der Waals surface area contributed by atoms with Crippen molar-refractivity contribution in [2.45, 2.75) is 57.5 Å². The molecular weight excluding hydrogens is 425 g/mol. The van der Waals surface area contributed by atoms with Crippen LogP contribution in [-0.2, 0) is 26.2 Å². The minimum absolute atomic E-state index is 0.0629. The van der Waals surface area contributed by atoms with Crippen LogP contribution in [0.25, 0.3) is 0 Å². The van der Waals surface area contributed by atoms with Crippen LogP contribution in [0.5, 0.6) is 0 Å². The SMILES string of the molecule is CCCS(=O)(=O)N1CCC(c2cc(F)cc3c2CN(C2CCC(=O)NC2=O)C3=O)CC1. The van der Waals surface area contributed by atoms with Gasteiger partial charge in [0, 0.05) is 31.6 Å². The zero-order chi connectivity index (χ0) is 22.3. The van der Waals surface area contributed by atoms with Gasteiger partial charge in [0.25, 0.3) is 5.91 Å². The molecule has 10 heteroatoms. The van der Waals surface area contributed by atoms with Gasteiger partial charge in [0.05, 0.1) is 5.75 Å². The summed E-state index contributed by atoms with van der Waals surface area (Å²) >= 11 is 0. The van der Waals surface area contributed by atoms with Crippen LogP contribution in [0.2, 0.25) is 0 Å². The lowest BCUT2D eigenvalue weighted by Crippen LogP contribution is -2.52. The fourth-order valence-electron chi connectivity index (χ4n) is 4.85. The Labute approximate surface area is 180 Å². The van der Waals surface area contributed by atoms with E-state index in [1.165, 1.54) is 21.3 Å². The number of rotatable bonds is 5. The molecule has 0 aromatic heterocycles. The topological polar surface area (TPSA) is 104 Å². The van der Waals surface area contributed by atoms with E-state index in [1.807, 2.05) is 6.92 Å². The van der Waals surface area contributed by atoms with Crippen molar-refractivity contribution < 1.29 is 27.2 Å². The van der Waals surface area contributed by atoms with Crippen LogP contribution in [0.1, 0.15) is 66.4 Å². The molecule has 0 aliphatic carbocycles. The summed E-state index contributed by atoms with van der Waals surface area (Å²) in [5, 5.41) is 2.26. The van der Waals surface area contributed by atoms with E-state index in [2.05, 4.69) is 5.32 Å². The van der Waals surface area contributed by atoms with E-state index in [9.17, 15) is 27.2 Å². The fraction of sp³-hybridized carbons (Fsp3) is 0.571. The first-order valence-corrected chi connectivity index (χ1v) is 12.3. The predicted octanol–water partition coefficient (Wildman–Crippen LogP) is 1.51. The Bertz CT molecular complexity index is 1030. The molecule has 0 saturated carbocycles. The molecule has 3 amide bonds. The smallest absolute Gasteiger partial charge is 0.255 e. The number of benzene rings is 1. The summed E-state index contributed by atoms with van der Waals surface area (Å²) in [4.78, 5) is 38.1. The number of amides is 3. The van der Waals surface area contributed by atoms with Gasteiger partial charge in [-0.1, -0.05) is 6.92 Å². The maximum Gasteiger partial charge on any atom is 0.255 e. The Balaban J connectivity index is 1.56. The highest BCUT2D eigenvalue weighted by molar-refractivity contribution is 7.89. The minimum Gasteiger partial charge on any atom is -0.322 e. The van der Waals surface area contributed by atoms with Gasteiger partial charge in [-0.15, -0.1) is 0 Å². The summed E-state index contributed by atoms with van der Waals surface area (Å²) < 4.78 is 40.6.